The number of carbonyl (C=O) groups is 2. The molecule has 1 unspecified atom stereocenters. The number of amides is 1. The Labute approximate surface area is 150 Å². The van der Waals surface area contributed by atoms with Gasteiger partial charge < -0.3 is 14.8 Å². The van der Waals surface area contributed by atoms with Crippen molar-refractivity contribution < 1.29 is 41.0 Å². The minimum Gasteiger partial charge on any atom is -0.412 e. The topological polar surface area (TPSA) is 64.6 Å². The number of esters is 1. The van der Waals surface area contributed by atoms with Gasteiger partial charge in [0, 0.05) is 18.2 Å². The molecule has 0 radical (unpaired) electrons. The SMILES string of the molecule is C=CC(=O)OC(OCCC(F)(F)S)(C(=O)Nc1ccccc1)C(F)(F)F. The van der Waals surface area contributed by atoms with Crippen LogP contribution in [0.15, 0.2) is 43.0 Å². The minimum atomic E-state index is -5.57. The molecule has 1 amide bonds. The largest absolute Gasteiger partial charge is 0.466 e. The number of ether oxygens (including phenoxy) is 2. The van der Waals surface area contributed by atoms with E-state index >= 15 is 0 Å². The first-order valence-electron chi connectivity index (χ1n) is 6.94. The van der Waals surface area contributed by atoms with E-state index in [0.717, 1.165) is 0 Å². The van der Waals surface area contributed by atoms with E-state index < -0.39 is 42.1 Å². The third-order valence-corrected chi connectivity index (χ3v) is 3.05. The highest BCUT2D eigenvalue weighted by molar-refractivity contribution is 7.81. The molecule has 11 heteroatoms. The third-order valence-electron chi connectivity index (χ3n) is 2.82. The fourth-order valence-electron chi connectivity index (χ4n) is 1.65. The maximum absolute atomic E-state index is 13.5. The average molecular weight is 399 g/mol. The zero-order chi connectivity index (χ0) is 20.0. The van der Waals surface area contributed by atoms with Crippen LogP contribution in [-0.4, -0.2) is 35.7 Å². The summed E-state index contributed by atoms with van der Waals surface area (Å²) in [6.07, 6.45) is -6.47. The summed E-state index contributed by atoms with van der Waals surface area (Å²) in [6, 6.07) is 6.90. The predicted molar refractivity (Wildman–Crippen MR) is 84.6 cm³/mol. The molecule has 1 N–H and O–H groups in total. The maximum Gasteiger partial charge on any atom is 0.466 e. The molecule has 1 atom stereocenters. The van der Waals surface area contributed by atoms with Gasteiger partial charge in [-0.1, -0.05) is 24.8 Å². The predicted octanol–water partition coefficient (Wildman–Crippen LogP) is 3.54. The summed E-state index contributed by atoms with van der Waals surface area (Å²) < 4.78 is 74.6. The van der Waals surface area contributed by atoms with Crippen LogP contribution in [0.1, 0.15) is 6.42 Å². The van der Waals surface area contributed by atoms with E-state index in [0.29, 0.717) is 6.08 Å². The Morgan fingerprint density at radius 3 is 2.19 bits per heavy atom. The molecule has 5 nitrogen and oxygen atoms in total. The first-order chi connectivity index (χ1) is 11.9. The molecule has 0 spiro atoms. The standard InChI is InChI=1S/C15H14F5NO4S/c1-2-11(22)25-14(15(18,19)20,24-9-8-13(16,17)26)12(23)21-10-6-4-3-5-7-10/h2-7,26H,1,8-9H2,(H,21,23). The number of thiol groups is 1. The van der Waals surface area contributed by atoms with Gasteiger partial charge in [0.05, 0.1) is 6.61 Å². The van der Waals surface area contributed by atoms with Crippen molar-refractivity contribution in [1.82, 2.24) is 0 Å². The lowest BCUT2D eigenvalue weighted by Crippen LogP contribution is -2.59. The third kappa shape index (κ3) is 5.99. The van der Waals surface area contributed by atoms with Crippen molar-refractivity contribution in [3.8, 4) is 0 Å². The summed E-state index contributed by atoms with van der Waals surface area (Å²) in [7, 11) is 0. The first-order valence-corrected chi connectivity index (χ1v) is 7.39. The van der Waals surface area contributed by atoms with E-state index in [4.69, 9.17) is 0 Å². The lowest BCUT2D eigenvalue weighted by Gasteiger charge is -2.33. The van der Waals surface area contributed by atoms with Crippen molar-refractivity contribution in [2.24, 2.45) is 0 Å². The van der Waals surface area contributed by atoms with Crippen LogP contribution in [-0.2, 0) is 19.1 Å². The zero-order valence-electron chi connectivity index (χ0n) is 13.1. The normalized spacial score (nSPS) is 14.2. The second-order valence-corrected chi connectivity index (χ2v) is 5.48. The van der Waals surface area contributed by atoms with Crippen molar-refractivity contribution in [3.05, 3.63) is 43.0 Å². The molecule has 1 rings (SSSR count). The molecule has 26 heavy (non-hydrogen) atoms. The van der Waals surface area contributed by atoms with Crippen molar-refractivity contribution in [1.29, 1.82) is 0 Å². The van der Waals surface area contributed by atoms with Gasteiger partial charge in [0.25, 0.3) is 5.25 Å². The number of anilines is 1. The summed E-state index contributed by atoms with van der Waals surface area (Å²) in [4.78, 5) is 23.5. The van der Waals surface area contributed by atoms with Gasteiger partial charge in [0.1, 0.15) is 0 Å². The fourth-order valence-corrected chi connectivity index (χ4v) is 1.74. The highest BCUT2D eigenvalue weighted by atomic mass is 32.1. The molecule has 1 aromatic carbocycles. The number of para-hydroxylation sites is 1. The summed E-state index contributed by atoms with van der Waals surface area (Å²) in [5.74, 6) is -7.70. The number of alkyl halides is 5. The van der Waals surface area contributed by atoms with Crippen LogP contribution < -0.4 is 5.32 Å². The van der Waals surface area contributed by atoms with E-state index in [2.05, 4.69) is 28.7 Å². The van der Waals surface area contributed by atoms with Gasteiger partial charge in [-0.05, 0) is 12.1 Å². The second-order valence-electron chi connectivity index (χ2n) is 4.82. The van der Waals surface area contributed by atoms with E-state index in [1.54, 1.807) is 0 Å². The molecule has 0 aromatic heterocycles. The molecule has 0 fully saturated rings. The van der Waals surface area contributed by atoms with Gasteiger partial charge in [-0.3, -0.25) is 4.79 Å². The highest BCUT2D eigenvalue weighted by Gasteiger charge is 2.66. The molecule has 0 bridgehead atoms. The van der Waals surface area contributed by atoms with Gasteiger partial charge in [-0.15, -0.1) is 12.6 Å². The summed E-state index contributed by atoms with van der Waals surface area (Å²) >= 11 is 2.86. The zero-order valence-corrected chi connectivity index (χ0v) is 13.9. The Bertz CT molecular complexity index is 648. The van der Waals surface area contributed by atoms with Crippen molar-refractivity contribution >= 4 is 30.2 Å². The Balaban J connectivity index is 3.20. The Hall–Kier alpha value is -2.14. The van der Waals surface area contributed by atoms with Crippen molar-refractivity contribution in [2.45, 2.75) is 23.6 Å². The lowest BCUT2D eigenvalue weighted by atomic mass is 10.2. The second kappa shape index (κ2) is 8.49. The number of carbonyl (C=O) groups excluding carboxylic acids is 2. The van der Waals surface area contributed by atoms with Gasteiger partial charge in [-0.2, -0.15) is 22.0 Å². The highest BCUT2D eigenvalue weighted by Crippen LogP contribution is 2.37. The van der Waals surface area contributed by atoms with Gasteiger partial charge in [-0.25, -0.2) is 4.79 Å². The first kappa shape index (κ1) is 21.9. The van der Waals surface area contributed by atoms with E-state index in [-0.39, 0.29) is 5.69 Å². The monoisotopic (exact) mass is 399 g/mol. The van der Waals surface area contributed by atoms with Crippen LogP contribution in [0, 0.1) is 0 Å². The number of nitrogens with one attached hydrogen (secondary N) is 1. The molecule has 0 aliphatic carbocycles. The lowest BCUT2D eigenvalue weighted by molar-refractivity contribution is -0.345. The molecule has 0 saturated carbocycles. The van der Waals surface area contributed by atoms with Crippen LogP contribution in [0.5, 0.6) is 0 Å². The maximum atomic E-state index is 13.5. The molecule has 144 valence electrons. The van der Waals surface area contributed by atoms with E-state index in [9.17, 15) is 31.5 Å². The Morgan fingerprint density at radius 1 is 1.15 bits per heavy atom. The Kier molecular flexibility index (Phi) is 7.16. The molecule has 0 heterocycles. The molecular formula is C15H14F5NO4S. The smallest absolute Gasteiger partial charge is 0.412 e. The summed E-state index contributed by atoms with van der Waals surface area (Å²) in [5.41, 5.74) is -0.0658. The molecule has 0 saturated heterocycles. The molecule has 0 aliphatic rings. The van der Waals surface area contributed by atoms with Crippen LogP contribution >= 0.6 is 12.6 Å². The average Bonchev–Trinajstić information content (AvgIpc) is 2.52. The molecule has 0 aliphatic heterocycles. The fraction of sp³-hybridized carbons (Fsp3) is 0.333. The quantitative estimate of drug-likeness (QED) is 0.231. The summed E-state index contributed by atoms with van der Waals surface area (Å²) in [6.45, 7) is 1.65. The van der Waals surface area contributed by atoms with Gasteiger partial charge in [0.15, 0.2) is 0 Å². The van der Waals surface area contributed by atoms with E-state index in [1.807, 2.05) is 5.32 Å². The van der Waals surface area contributed by atoms with Crippen LogP contribution in [0.4, 0.5) is 27.6 Å². The number of hydrogen-bond donors (Lipinski definition) is 2. The minimum absolute atomic E-state index is 0.0658. The van der Waals surface area contributed by atoms with Crippen LogP contribution in [0.2, 0.25) is 0 Å². The van der Waals surface area contributed by atoms with Crippen molar-refractivity contribution in [3.63, 3.8) is 0 Å². The van der Waals surface area contributed by atoms with E-state index in [1.165, 1.54) is 30.3 Å². The number of rotatable bonds is 8. The van der Waals surface area contributed by atoms with Gasteiger partial charge >= 0.3 is 23.8 Å². The van der Waals surface area contributed by atoms with Crippen LogP contribution in [0.3, 0.4) is 0 Å². The van der Waals surface area contributed by atoms with Gasteiger partial charge in [0.2, 0.25) is 0 Å². The molecular weight excluding hydrogens is 385 g/mol. The molecule has 1 aromatic rings. The summed E-state index contributed by atoms with van der Waals surface area (Å²) in [5, 5.41) is -1.79. The Morgan fingerprint density at radius 2 is 1.73 bits per heavy atom. The number of hydrogen-bond acceptors (Lipinski definition) is 5. The number of halogens is 5. The van der Waals surface area contributed by atoms with Crippen molar-refractivity contribution in [2.75, 3.05) is 11.9 Å². The van der Waals surface area contributed by atoms with Crippen LogP contribution in [0.25, 0.3) is 0 Å². The number of benzene rings is 1.